The summed E-state index contributed by atoms with van der Waals surface area (Å²) >= 11 is 0. The van der Waals surface area contributed by atoms with E-state index < -0.39 is 23.3 Å². The second-order valence-corrected chi connectivity index (χ2v) is 8.28. The van der Waals surface area contributed by atoms with Gasteiger partial charge in [0.25, 0.3) is 0 Å². The minimum atomic E-state index is -4.72. The van der Waals surface area contributed by atoms with Crippen molar-refractivity contribution in [1.29, 1.82) is 0 Å². The van der Waals surface area contributed by atoms with Crippen LogP contribution in [0.3, 0.4) is 0 Å². The topological polar surface area (TPSA) is 60.8 Å². The number of aliphatic hydroxyl groups is 2. The molecule has 1 aliphatic heterocycles. The third kappa shape index (κ3) is 3.59. The van der Waals surface area contributed by atoms with Crippen LogP contribution in [-0.2, 0) is 4.79 Å². The molecular weight excluding hydrogens is 359 g/mol. The number of hydrogen-bond donors (Lipinski definition) is 2. The predicted molar refractivity (Wildman–Crippen MR) is 95.1 cm³/mol. The average molecular weight is 385 g/mol. The maximum absolute atomic E-state index is 13.1. The number of halogens is 3. The molecule has 1 aliphatic carbocycles. The quantitative estimate of drug-likeness (QED) is 0.828. The van der Waals surface area contributed by atoms with Gasteiger partial charge in [0, 0.05) is 12.2 Å². The molecule has 1 atom stereocenters. The molecule has 1 aromatic carbocycles. The van der Waals surface area contributed by atoms with Gasteiger partial charge in [-0.3, -0.25) is 4.79 Å². The molecule has 1 saturated heterocycles. The molecule has 150 valence electrons. The van der Waals surface area contributed by atoms with Gasteiger partial charge in [-0.1, -0.05) is 26.0 Å². The number of nitrogens with zero attached hydrogens (tertiary/aromatic N) is 1. The Morgan fingerprint density at radius 1 is 1.04 bits per heavy atom. The third-order valence-electron chi connectivity index (χ3n) is 6.49. The van der Waals surface area contributed by atoms with E-state index in [1.807, 2.05) is 13.8 Å². The Labute approximate surface area is 157 Å². The van der Waals surface area contributed by atoms with E-state index in [1.54, 1.807) is 4.90 Å². The van der Waals surface area contributed by atoms with E-state index in [2.05, 4.69) is 0 Å². The monoisotopic (exact) mass is 385 g/mol. The molecule has 0 unspecified atom stereocenters. The number of carbonyl (C=O) groups is 1. The maximum atomic E-state index is 13.1. The van der Waals surface area contributed by atoms with Crippen LogP contribution in [0.25, 0.3) is 0 Å². The summed E-state index contributed by atoms with van der Waals surface area (Å²) in [4.78, 5) is 14.7. The number of benzene rings is 1. The SMILES string of the molecule is CC(C)[C@]1(O)CC[C@@]2(CCN(c3ccc([C@@H](O)C(F)(F)F)cc3)C2=O)CC1. The van der Waals surface area contributed by atoms with Crippen LogP contribution >= 0.6 is 0 Å². The number of rotatable bonds is 3. The normalized spacial score (nSPS) is 30.4. The van der Waals surface area contributed by atoms with E-state index in [1.165, 1.54) is 24.3 Å². The Balaban J connectivity index is 1.73. The summed E-state index contributed by atoms with van der Waals surface area (Å²) in [7, 11) is 0. The van der Waals surface area contributed by atoms with Gasteiger partial charge in [-0.25, -0.2) is 0 Å². The fourth-order valence-corrected chi connectivity index (χ4v) is 4.30. The van der Waals surface area contributed by atoms with Crippen molar-refractivity contribution in [2.24, 2.45) is 11.3 Å². The second-order valence-electron chi connectivity index (χ2n) is 8.28. The third-order valence-corrected chi connectivity index (χ3v) is 6.49. The van der Waals surface area contributed by atoms with Gasteiger partial charge >= 0.3 is 6.18 Å². The Hall–Kier alpha value is -1.60. The van der Waals surface area contributed by atoms with Crippen LogP contribution in [0.2, 0.25) is 0 Å². The zero-order chi connectivity index (χ0) is 20.0. The first-order chi connectivity index (χ1) is 12.5. The minimum absolute atomic E-state index is 0.0163. The highest BCUT2D eigenvalue weighted by Crippen LogP contribution is 2.50. The molecule has 7 heteroatoms. The van der Waals surface area contributed by atoms with Gasteiger partial charge in [0.2, 0.25) is 5.91 Å². The summed E-state index contributed by atoms with van der Waals surface area (Å²) in [6.45, 7) is 4.48. The van der Waals surface area contributed by atoms with Crippen molar-refractivity contribution in [2.45, 2.75) is 63.8 Å². The summed E-state index contributed by atoms with van der Waals surface area (Å²) in [5.74, 6) is 0.118. The number of carbonyl (C=O) groups excluding carboxylic acids is 1. The number of anilines is 1. The van der Waals surface area contributed by atoms with Crippen LogP contribution in [0.5, 0.6) is 0 Å². The number of hydrogen-bond acceptors (Lipinski definition) is 3. The fourth-order valence-electron chi connectivity index (χ4n) is 4.30. The molecule has 2 fully saturated rings. The Morgan fingerprint density at radius 3 is 2.07 bits per heavy atom. The van der Waals surface area contributed by atoms with Crippen molar-refractivity contribution in [3.63, 3.8) is 0 Å². The molecule has 1 spiro atoms. The summed E-state index contributed by atoms with van der Waals surface area (Å²) in [6.07, 6.45) is -4.14. The van der Waals surface area contributed by atoms with Crippen LogP contribution < -0.4 is 4.90 Å². The van der Waals surface area contributed by atoms with Crippen molar-refractivity contribution in [3.05, 3.63) is 29.8 Å². The Bertz CT molecular complexity index is 691. The molecule has 1 amide bonds. The molecule has 1 heterocycles. The predicted octanol–water partition coefficient (Wildman–Crippen LogP) is 3.97. The highest BCUT2D eigenvalue weighted by Gasteiger charge is 2.52. The summed E-state index contributed by atoms with van der Waals surface area (Å²) in [5, 5.41) is 20.0. The van der Waals surface area contributed by atoms with Gasteiger partial charge in [-0.15, -0.1) is 0 Å². The lowest BCUT2D eigenvalue weighted by Crippen LogP contribution is -2.46. The molecular formula is C20H26F3NO3. The van der Waals surface area contributed by atoms with Crippen molar-refractivity contribution in [3.8, 4) is 0 Å². The second kappa shape index (κ2) is 6.78. The van der Waals surface area contributed by atoms with Gasteiger partial charge in [0.15, 0.2) is 6.10 Å². The van der Waals surface area contributed by atoms with E-state index in [4.69, 9.17) is 0 Å². The fraction of sp³-hybridized carbons (Fsp3) is 0.650. The molecule has 0 aromatic heterocycles. The number of aliphatic hydroxyl groups excluding tert-OH is 1. The lowest BCUT2D eigenvalue weighted by Gasteiger charge is -2.43. The molecule has 3 rings (SSSR count). The number of alkyl halides is 3. The van der Waals surface area contributed by atoms with Crippen LogP contribution in [0, 0.1) is 11.3 Å². The van der Waals surface area contributed by atoms with Gasteiger partial charge in [-0.05, 0) is 55.7 Å². The smallest absolute Gasteiger partial charge is 0.390 e. The average Bonchev–Trinajstić information content (AvgIpc) is 2.93. The molecule has 1 aromatic rings. The van der Waals surface area contributed by atoms with Gasteiger partial charge < -0.3 is 15.1 Å². The van der Waals surface area contributed by atoms with E-state index >= 15 is 0 Å². The van der Waals surface area contributed by atoms with Crippen molar-refractivity contribution >= 4 is 11.6 Å². The summed E-state index contributed by atoms with van der Waals surface area (Å²) in [6, 6.07) is 5.33. The summed E-state index contributed by atoms with van der Waals surface area (Å²) in [5.41, 5.74) is -0.911. The maximum Gasteiger partial charge on any atom is 0.418 e. The lowest BCUT2D eigenvalue weighted by atomic mass is 9.65. The number of amides is 1. The molecule has 27 heavy (non-hydrogen) atoms. The van der Waals surface area contributed by atoms with Gasteiger partial charge in [-0.2, -0.15) is 13.2 Å². The molecule has 0 bridgehead atoms. The first-order valence-electron chi connectivity index (χ1n) is 9.38. The van der Waals surface area contributed by atoms with Crippen LogP contribution in [0.4, 0.5) is 18.9 Å². The Morgan fingerprint density at radius 2 is 1.59 bits per heavy atom. The molecule has 2 aliphatic rings. The molecule has 2 N–H and O–H groups in total. The van der Waals surface area contributed by atoms with Crippen molar-refractivity contribution in [2.75, 3.05) is 11.4 Å². The van der Waals surface area contributed by atoms with E-state index in [0.717, 1.165) is 0 Å². The van der Waals surface area contributed by atoms with Crippen molar-refractivity contribution < 1.29 is 28.2 Å². The lowest BCUT2D eigenvalue weighted by molar-refractivity contribution is -0.206. The molecule has 4 nitrogen and oxygen atoms in total. The van der Waals surface area contributed by atoms with E-state index in [0.29, 0.717) is 44.3 Å². The Kier molecular flexibility index (Phi) is 5.06. The van der Waals surface area contributed by atoms with E-state index in [-0.39, 0.29) is 17.4 Å². The molecule has 0 radical (unpaired) electrons. The van der Waals surface area contributed by atoms with Crippen LogP contribution in [-0.4, -0.2) is 34.4 Å². The summed E-state index contributed by atoms with van der Waals surface area (Å²) < 4.78 is 37.9. The largest absolute Gasteiger partial charge is 0.418 e. The van der Waals surface area contributed by atoms with Crippen LogP contribution in [0.15, 0.2) is 24.3 Å². The van der Waals surface area contributed by atoms with Crippen molar-refractivity contribution in [1.82, 2.24) is 0 Å². The van der Waals surface area contributed by atoms with Crippen LogP contribution in [0.1, 0.15) is 57.6 Å². The zero-order valence-corrected chi connectivity index (χ0v) is 15.6. The zero-order valence-electron chi connectivity index (χ0n) is 15.6. The highest BCUT2D eigenvalue weighted by atomic mass is 19.4. The minimum Gasteiger partial charge on any atom is -0.390 e. The molecule has 1 saturated carbocycles. The van der Waals surface area contributed by atoms with Gasteiger partial charge in [0.1, 0.15) is 0 Å². The van der Waals surface area contributed by atoms with Gasteiger partial charge in [0.05, 0.1) is 11.0 Å². The first-order valence-corrected chi connectivity index (χ1v) is 9.38. The first kappa shape index (κ1) is 20.1. The van der Waals surface area contributed by atoms with E-state index in [9.17, 15) is 28.2 Å². The standard InChI is InChI=1S/C20H26F3NO3/c1-13(2)19(27)9-7-18(8-10-19)11-12-24(17(18)26)15-5-3-14(4-6-15)16(25)20(21,22)23/h3-6,13,16,25,27H,7-12H2,1-2H3/t16-,18-,19-/m1/s1. The highest BCUT2D eigenvalue weighted by molar-refractivity contribution is 6.00.